The Kier molecular flexibility index (Phi) is 41.9. The van der Waals surface area contributed by atoms with E-state index in [9.17, 15) is 25.2 Å². The van der Waals surface area contributed by atoms with Gasteiger partial charge in [0.2, 0.25) is 5.91 Å². The highest BCUT2D eigenvalue weighted by Crippen LogP contribution is 2.18. The first-order chi connectivity index (χ1) is 26.0. The highest BCUT2D eigenvalue weighted by molar-refractivity contribution is 5.80. The summed E-state index contributed by atoms with van der Waals surface area (Å²) in [5.41, 5.74) is 0. The van der Waals surface area contributed by atoms with Gasteiger partial charge in [-0.15, -0.1) is 0 Å². The molecule has 0 saturated heterocycles. The smallest absolute Gasteiger partial charge is 0.249 e. The van der Waals surface area contributed by atoms with Crippen molar-refractivity contribution in [3.05, 3.63) is 0 Å². The maximum absolute atomic E-state index is 12.5. The number of aliphatic hydroxyl groups is 4. The molecule has 0 saturated carbocycles. The molecule has 0 fully saturated rings. The highest BCUT2D eigenvalue weighted by Gasteiger charge is 2.28. The SMILES string of the molecule is CCCCCCCCCCCCCCCCCCCCCCCC(O)C(=O)NC(CO)C(O)C(O)CCCCCCCCCCCCCCCCCC. The summed E-state index contributed by atoms with van der Waals surface area (Å²) < 4.78 is 0. The van der Waals surface area contributed by atoms with Crippen LogP contribution in [0.5, 0.6) is 0 Å². The molecule has 0 aromatic carbocycles. The van der Waals surface area contributed by atoms with Gasteiger partial charge in [-0.25, -0.2) is 0 Å². The third-order valence-corrected chi connectivity index (χ3v) is 11.6. The Labute approximate surface area is 330 Å². The molecule has 5 N–H and O–H groups in total. The van der Waals surface area contributed by atoms with Crippen molar-refractivity contribution in [1.29, 1.82) is 0 Å². The molecule has 0 aliphatic rings. The van der Waals surface area contributed by atoms with Crippen LogP contribution in [0.15, 0.2) is 0 Å². The Morgan fingerprint density at radius 1 is 0.396 bits per heavy atom. The van der Waals surface area contributed by atoms with E-state index in [0.717, 1.165) is 38.5 Å². The second-order valence-electron chi connectivity index (χ2n) is 16.8. The lowest BCUT2D eigenvalue weighted by Crippen LogP contribution is -2.53. The largest absolute Gasteiger partial charge is 0.394 e. The molecule has 0 heterocycles. The molecule has 0 aromatic rings. The highest BCUT2D eigenvalue weighted by atomic mass is 16.3. The number of hydrogen-bond donors (Lipinski definition) is 5. The maximum Gasteiger partial charge on any atom is 0.249 e. The molecule has 0 aliphatic carbocycles. The van der Waals surface area contributed by atoms with Gasteiger partial charge in [0.1, 0.15) is 12.2 Å². The third-order valence-electron chi connectivity index (χ3n) is 11.6. The van der Waals surface area contributed by atoms with Crippen LogP contribution in [0.25, 0.3) is 0 Å². The van der Waals surface area contributed by atoms with Gasteiger partial charge in [-0.3, -0.25) is 4.79 Å². The summed E-state index contributed by atoms with van der Waals surface area (Å²) in [6.07, 6.45) is 45.7. The summed E-state index contributed by atoms with van der Waals surface area (Å²) in [4.78, 5) is 12.5. The Morgan fingerprint density at radius 3 is 0.906 bits per heavy atom. The molecule has 6 heteroatoms. The molecule has 0 aromatic heterocycles. The van der Waals surface area contributed by atoms with E-state index in [1.165, 1.54) is 199 Å². The van der Waals surface area contributed by atoms with Crippen molar-refractivity contribution in [1.82, 2.24) is 5.32 Å². The number of amides is 1. The molecular weight excluding hydrogens is 659 g/mol. The summed E-state index contributed by atoms with van der Waals surface area (Å²) in [5.74, 6) is -0.578. The van der Waals surface area contributed by atoms with Crippen LogP contribution in [0.3, 0.4) is 0 Å². The topological polar surface area (TPSA) is 110 Å². The van der Waals surface area contributed by atoms with Crippen molar-refractivity contribution in [2.45, 2.75) is 289 Å². The first-order valence-corrected chi connectivity index (χ1v) is 23.9. The second kappa shape index (κ2) is 42.5. The van der Waals surface area contributed by atoms with Crippen LogP contribution in [0.2, 0.25) is 0 Å². The van der Waals surface area contributed by atoms with Gasteiger partial charge in [-0.2, -0.15) is 0 Å². The molecule has 0 rings (SSSR count). The minimum Gasteiger partial charge on any atom is -0.394 e. The third kappa shape index (κ3) is 36.7. The number of unbranched alkanes of at least 4 members (excludes halogenated alkanes) is 35. The minimum absolute atomic E-state index is 0.376. The van der Waals surface area contributed by atoms with Gasteiger partial charge in [0.25, 0.3) is 0 Å². The van der Waals surface area contributed by atoms with Gasteiger partial charge in [-0.1, -0.05) is 251 Å². The molecule has 0 radical (unpaired) electrons. The van der Waals surface area contributed by atoms with E-state index >= 15 is 0 Å². The Hall–Kier alpha value is -0.690. The number of carbonyl (C=O) groups excluding carboxylic acids is 1. The van der Waals surface area contributed by atoms with Crippen LogP contribution in [0.1, 0.15) is 264 Å². The Bertz CT molecular complexity index is 721. The van der Waals surface area contributed by atoms with Gasteiger partial charge >= 0.3 is 0 Å². The fraction of sp³-hybridized carbons (Fsp3) is 0.979. The van der Waals surface area contributed by atoms with E-state index in [0.29, 0.717) is 12.8 Å². The summed E-state index contributed by atoms with van der Waals surface area (Å²) in [5, 5.41) is 43.8. The van der Waals surface area contributed by atoms with Gasteiger partial charge in [0.15, 0.2) is 0 Å². The van der Waals surface area contributed by atoms with Crippen LogP contribution in [0.4, 0.5) is 0 Å². The lowest BCUT2D eigenvalue weighted by atomic mass is 9.99. The summed E-state index contributed by atoms with van der Waals surface area (Å²) in [6, 6.07) is -0.979. The summed E-state index contributed by atoms with van der Waals surface area (Å²) in [6.45, 7) is 4.08. The number of rotatable bonds is 44. The number of aliphatic hydroxyl groups excluding tert-OH is 4. The number of nitrogens with one attached hydrogen (secondary N) is 1. The second-order valence-corrected chi connectivity index (χ2v) is 16.8. The summed E-state index contributed by atoms with van der Waals surface area (Å²) >= 11 is 0. The van der Waals surface area contributed by atoms with Crippen molar-refractivity contribution in [3.63, 3.8) is 0 Å². The van der Waals surface area contributed by atoms with E-state index < -0.39 is 36.9 Å². The van der Waals surface area contributed by atoms with Gasteiger partial charge in [0, 0.05) is 0 Å². The first-order valence-electron chi connectivity index (χ1n) is 23.9. The van der Waals surface area contributed by atoms with Crippen LogP contribution < -0.4 is 5.32 Å². The standard InChI is InChI=1S/C47H95NO5/c1-3-5-7-9-11-13-15-17-19-21-22-23-24-25-27-29-31-33-35-37-39-41-45(51)47(53)48-43(42-49)46(52)44(50)40-38-36-34-32-30-28-26-20-18-16-14-12-10-8-6-4-2/h43-46,49-52H,3-42H2,1-2H3,(H,48,53). The average Bonchev–Trinajstić information content (AvgIpc) is 3.16. The van der Waals surface area contributed by atoms with E-state index in [1.54, 1.807) is 0 Å². The monoisotopic (exact) mass is 754 g/mol. The van der Waals surface area contributed by atoms with Crippen molar-refractivity contribution in [3.8, 4) is 0 Å². The minimum atomic E-state index is -1.25. The normalized spacial score (nSPS) is 14.0. The van der Waals surface area contributed by atoms with Crippen molar-refractivity contribution in [2.75, 3.05) is 6.61 Å². The zero-order chi connectivity index (χ0) is 38.9. The van der Waals surface area contributed by atoms with Gasteiger partial charge < -0.3 is 25.7 Å². The quantitative estimate of drug-likeness (QED) is 0.0398. The Morgan fingerprint density at radius 2 is 0.642 bits per heavy atom. The summed E-state index contributed by atoms with van der Waals surface area (Å²) in [7, 11) is 0. The molecule has 4 unspecified atom stereocenters. The van der Waals surface area contributed by atoms with Gasteiger partial charge in [0.05, 0.1) is 18.8 Å². The average molecular weight is 754 g/mol. The van der Waals surface area contributed by atoms with Crippen LogP contribution in [-0.2, 0) is 4.79 Å². The van der Waals surface area contributed by atoms with E-state index in [1.807, 2.05) is 0 Å². The fourth-order valence-electron chi connectivity index (χ4n) is 7.76. The van der Waals surface area contributed by atoms with Gasteiger partial charge in [-0.05, 0) is 12.8 Å². The fourth-order valence-corrected chi connectivity index (χ4v) is 7.76. The molecule has 0 bridgehead atoms. The predicted molar refractivity (Wildman–Crippen MR) is 228 cm³/mol. The number of hydrogen-bond acceptors (Lipinski definition) is 5. The molecule has 0 spiro atoms. The lowest BCUT2D eigenvalue weighted by molar-refractivity contribution is -0.132. The molecular formula is C47H95NO5. The zero-order valence-corrected chi connectivity index (χ0v) is 35.8. The van der Waals surface area contributed by atoms with Crippen LogP contribution in [0, 0.1) is 0 Å². The first kappa shape index (κ1) is 52.3. The van der Waals surface area contributed by atoms with Crippen LogP contribution >= 0.6 is 0 Å². The van der Waals surface area contributed by atoms with Crippen molar-refractivity contribution < 1.29 is 25.2 Å². The molecule has 318 valence electrons. The van der Waals surface area contributed by atoms with Crippen molar-refractivity contribution >= 4 is 5.91 Å². The molecule has 6 nitrogen and oxygen atoms in total. The lowest BCUT2D eigenvalue weighted by Gasteiger charge is -2.27. The maximum atomic E-state index is 12.5. The van der Waals surface area contributed by atoms with E-state index in [-0.39, 0.29) is 0 Å². The van der Waals surface area contributed by atoms with Crippen LogP contribution in [-0.4, -0.2) is 57.3 Å². The Balaban J connectivity index is 3.65. The zero-order valence-electron chi connectivity index (χ0n) is 35.8. The molecule has 1 amide bonds. The predicted octanol–water partition coefficient (Wildman–Crippen LogP) is 12.8. The molecule has 0 aliphatic heterocycles. The van der Waals surface area contributed by atoms with E-state index in [4.69, 9.17) is 0 Å². The van der Waals surface area contributed by atoms with Crippen molar-refractivity contribution in [2.24, 2.45) is 0 Å². The molecule has 53 heavy (non-hydrogen) atoms. The number of carbonyl (C=O) groups is 1. The van der Waals surface area contributed by atoms with E-state index in [2.05, 4.69) is 19.2 Å². The molecule has 4 atom stereocenters.